The number of carbonyl (C=O) groups is 1. The summed E-state index contributed by atoms with van der Waals surface area (Å²) in [6.07, 6.45) is 1.77. The molecule has 0 radical (unpaired) electrons. The zero-order valence-electron chi connectivity index (χ0n) is 13.1. The number of hydrogen-bond acceptors (Lipinski definition) is 5. The molecule has 1 aromatic heterocycles. The Hall–Kier alpha value is -2.16. The highest BCUT2D eigenvalue weighted by Gasteiger charge is 2.26. The van der Waals surface area contributed by atoms with Gasteiger partial charge in [0.2, 0.25) is 5.91 Å². The lowest BCUT2D eigenvalue weighted by molar-refractivity contribution is -0.129. The standard InChI is InChI=1S/C15H21N5O/c1-10-11(2)17-18-15(14(10)9-16)20-7-5-13(6-8-20)19(4)12(3)21/h13H,5-8H2,1-4H3. The smallest absolute Gasteiger partial charge is 0.219 e. The van der Waals surface area contributed by atoms with Crippen LogP contribution in [0.5, 0.6) is 0 Å². The van der Waals surface area contributed by atoms with E-state index in [1.54, 1.807) is 11.8 Å². The molecular formula is C15H21N5O. The number of aromatic nitrogens is 2. The van der Waals surface area contributed by atoms with Crippen LogP contribution in [0.25, 0.3) is 0 Å². The van der Waals surface area contributed by atoms with E-state index in [4.69, 9.17) is 0 Å². The van der Waals surface area contributed by atoms with Crippen molar-refractivity contribution >= 4 is 11.7 Å². The molecule has 6 nitrogen and oxygen atoms in total. The predicted molar refractivity (Wildman–Crippen MR) is 79.9 cm³/mol. The van der Waals surface area contributed by atoms with Gasteiger partial charge < -0.3 is 9.80 Å². The maximum Gasteiger partial charge on any atom is 0.219 e. The van der Waals surface area contributed by atoms with Crippen LogP contribution in [0.2, 0.25) is 0 Å². The van der Waals surface area contributed by atoms with Crippen molar-refractivity contribution in [3.05, 3.63) is 16.8 Å². The summed E-state index contributed by atoms with van der Waals surface area (Å²) in [6, 6.07) is 2.51. The first-order valence-corrected chi connectivity index (χ1v) is 7.18. The fourth-order valence-electron chi connectivity index (χ4n) is 2.67. The Morgan fingerprint density at radius 3 is 2.48 bits per heavy atom. The minimum atomic E-state index is 0.0946. The topological polar surface area (TPSA) is 73.1 Å². The Bertz CT molecular complexity index is 584. The second-order valence-corrected chi connectivity index (χ2v) is 5.57. The van der Waals surface area contributed by atoms with Gasteiger partial charge in [-0.15, -0.1) is 5.10 Å². The average molecular weight is 287 g/mol. The van der Waals surface area contributed by atoms with E-state index in [1.807, 2.05) is 20.9 Å². The molecule has 6 heteroatoms. The average Bonchev–Trinajstić information content (AvgIpc) is 2.49. The summed E-state index contributed by atoms with van der Waals surface area (Å²) in [6.45, 7) is 6.93. The lowest BCUT2D eigenvalue weighted by Gasteiger charge is -2.37. The lowest BCUT2D eigenvalue weighted by atomic mass is 10.0. The summed E-state index contributed by atoms with van der Waals surface area (Å²) in [5, 5.41) is 17.7. The summed E-state index contributed by atoms with van der Waals surface area (Å²) in [5.41, 5.74) is 2.30. The molecule has 1 amide bonds. The van der Waals surface area contributed by atoms with Crippen molar-refractivity contribution in [1.82, 2.24) is 15.1 Å². The van der Waals surface area contributed by atoms with Crippen LogP contribution in [0.3, 0.4) is 0 Å². The van der Waals surface area contributed by atoms with Gasteiger partial charge in [0.15, 0.2) is 5.82 Å². The first kappa shape index (κ1) is 15.2. The van der Waals surface area contributed by atoms with Gasteiger partial charge in [-0.2, -0.15) is 10.4 Å². The number of carbonyl (C=O) groups excluding carboxylic acids is 1. The number of hydrogen-bond donors (Lipinski definition) is 0. The quantitative estimate of drug-likeness (QED) is 0.822. The second-order valence-electron chi connectivity index (χ2n) is 5.57. The van der Waals surface area contributed by atoms with E-state index in [0.29, 0.717) is 11.4 Å². The van der Waals surface area contributed by atoms with E-state index in [2.05, 4.69) is 21.2 Å². The highest BCUT2D eigenvalue weighted by atomic mass is 16.2. The first-order valence-electron chi connectivity index (χ1n) is 7.18. The maximum absolute atomic E-state index is 11.4. The highest BCUT2D eigenvalue weighted by molar-refractivity contribution is 5.73. The van der Waals surface area contributed by atoms with Crippen LogP contribution in [0.15, 0.2) is 0 Å². The molecule has 0 unspecified atom stereocenters. The Morgan fingerprint density at radius 1 is 1.33 bits per heavy atom. The number of amides is 1. The molecule has 112 valence electrons. The van der Waals surface area contributed by atoms with E-state index < -0.39 is 0 Å². The fraction of sp³-hybridized carbons (Fsp3) is 0.600. The van der Waals surface area contributed by atoms with Crippen LogP contribution in [-0.4, -0.2) is 47.2 Å². The van der Waals surface area contributed by atoms with Crippen molar-refractivity contribution in [2.75, 3.05) is 25.0 Å². The summed E-state index contributed by atoms with van der Waals surface area (Å²) in [7, 11) is 1.85. The zero-order valence-corrected chi connectivity index (χ0v) is 13.1. The normalized spacial score (nSPS) is 15.7. The molecule has 1 fully saturated rings. The van der Waals surface area contributed by atoms with Crippen LogP contribution in [0.4, 0.5) is 5.82 Å². The highest BCUT2D eigenvalue weighted by Crippen LogP contribution is 2.25. The molecule has 2 heterocycles. The molecule has 1 saturated heterocycles. The van der Waals surface area contributed by atoms with E-state index >= 15 is 0 Å². The van der Waals surface area contributed by atoms with Crippen LogP contribution in [0, 0.1) is 25.2 Å². The van der Waals surface area contributed by atoms with Crippen LogP contribution >= 0.6 is 0 Å². The predicted octanol–water partition coefficient (Wildman–Crippen LogP) is 1.41. The lowest BCUT2D eigenvalue weighted by Crippen LogP contribution is -2.45. The first-order chi connectivity index (χ1) is 9.95. The minimum Gasteiger partial charge on any atom is -0.354 e. The van der Waals surface area contributed by atoms with Crippen LogP contribution in [-0.2, 0) is 4.79 Å². The van der Waals surface area contributed by atoms with Crippen LogP contribution in [0.1, 0.15) is 36.6 Å². The Balaban J connectivity index is 2.15. The maximum atomic E-state index is 11.4. The van der Waals surface area contributed by atoms with Gasteiger partial charge in [0.1, 0.15) is 11.6 Å². The molecule has 0 aromatic carbocycles. The molecule has 1 aliphatic rings. The van der Waals surface area contributed by atoms with Gasteiger partial charge in [0.05, 0.1) is 5.69 Å². The molecule has 0 atom stereocenters. The second kappa shape index (κ2) is 6.08. The van der Waals surface area contributed by atoms with E-state index in [9.17, 15) is 10.1 Å². The van der Waals surface area contributed by atoms with Gasteiger partial charge in [0, 0.05) is 33.1 Å². The van der Waals surface area contributed by atoms with Gasteiger partial charge in [-0.25, -0.2) is 0 Å². The zero-order chi connectivity index (χ0) is 15.6. The Labute approximate surface area is 125 Å². The van der Waals surface area contributed by atoms with E-state index in [-0.39, 0.29) is 11.9 Å². The van der Waals surface area contributed by atoms with Crippen molar-refractivity contribution in [3.63, 3.8) is 0 Å². The summed E-state index contributed by atoms with van der Waals surface area (Å²) >= 11 is 0. The van der Waals surface area contributed by atoms with Crippen molar-refractivity contribution in [2.45, 2.75) is 39.7 Å². The molecule has 21 heavy (non-hydrogen) atoms. The molecular weight excluding hydrogens is 266 g/mol. The molecule has 0 spiro atoms. The van der Waals surface area contributed by atoms with Crippen molar-refractivity contribution < 1.29 is 4.79 Å². The number of nitriles is 1. The van der Waals surface area contributed by atoms with Gasteiger partial charge in [-0.05, 0) is 32.3 Å². The molecule has 0 aliphatic carbocycles. The Morgan fingerprint density at radius 2 is 1.95 bits per heavy atom. The molecule has 0 N–H and O–H groups in total. The molecule has 1 aliphatic heterocycles. The molecule has 0 bridgehead atoms. The third-order valence-corrected chi connectivity index (χ3v) is 4.36. The number of aryl methyl sites for hydroxylation is 1. The molecule has 0 saturated carbocycles. The van der Waals surface area contributed by atoms with Crippen molar-refractivity contribution in [2.24, 2.45) is 0 Å². The van der Waals surface area contributed by atoms with Crippen molar-refractivity contribution in [1.29, 1.82) is 5.26 Å². The van der Waals surface area contributed by atoms with Crippen molar-refractivity contribution in [3.8, 4) is 6.07 Å². The third-order valence-electron chi connectivity index (χ3n) is 4.36. The monoisotopic (exact) mass is 287 g/mol. The van der Waals surface area contributed by atoms with Gasteiger partial charge in [-0.1, -0.05) is 0 Å². The minimum absolute atomic E-state index is 0.0946. The SMILES string of the molecule is CC(=O)N(C)C1CCN(c2nnc(C)c(C)c2C#N)CC1. The number of rotatable bonds is 2. The molecule has 2 rings (SSSR count). The fourth-order valence-corrected chi connectivity index (χ4v) is 2.67. The summed E-state index contributed by atoms with van der Waals surface area (Å²) < 4.78 is 0. The van der Waals surface area contributed by atoms with E-state index in [0.717, 1.165) is 37.2 Å². The number of piperidine rings is 1. The van der Waals surface area contributed by atoms with E-state index in [1.165, 1.54) is 0 Å². The van der Waals surface area contributed by atoms with Gasteiger partial charge >= 0.3 is 0 Å². The number of nitrogens with zero attached hydrogens (tertiary/aromatic N) is 5. The summed E-state index contributed by atoms with van der Waals surface area (Å²) in [4.78, 5) is 15.3. The van der Waals surface area contributed by atoms with Gasteiger partial charge in [-0.3, -0.25) is 4.79 Å². The van der Waals surface area contributed by atoms with Gasteiger partial charge in [0.25, 0.3) is 0 Å². The third kappa shape index (κ3) is 2.97. The van der Waals surface area contributed by atoms with Crippen LogP contribution < -0.4 is 4.90 Å². The Kier molecular flexibility index (Phi) is 4.41. The largest absolute Gasteiger partial charge is 0.354 e. The number of anilines is 1. The molecule has 1 aromatic rings. The summed E-state index contributed by atoms with van der Waals surface area (Å²) in [5.74, 6) is 0.765.